The lowest BCUT2D eigenvalue weighted by Gasteiger charge is -2.07. The highest BCUT2D eigenvalue weighted by atomic mass is 16.5. The van der Waals surface area contributed by atoms with E-state index >= 15 is 0 Å². The van der Waals surface area contributed by atoms with Gasteiger partial charge in [0.25, 0.3) is 0 Å². The molecule has 1 N–H and O–H groups in total. The molecule has 1 aromatic heterocycles. The van der Waals surface area contributed by atoms with Gasteiger partial charge in [0.1, 0.15) is 6.54 Å². The molecular formula is C18H17N3O4. The number of fused-ring (bicyclic) bond motifs is 1. The molecule has 0 saturated carbocycles. The van der Waals surface area contributed by atoms with Crippen LogP contribution in [0.4, 0.5) is 5.69 Å². The molecule has 3 rings (SSSR count). The van der Waals surface area contributed by atoms with E-state index in [-0.39, 0.29) is 18.1 Å². The van der Waals surface area contributed by atoms with Gasteiger partial charge in [0.05, 0.1) is 23.7 Å². The Labute approximate surface area is 143 Å². The monoisotopic (exact) mass is 339 g/mol. The van der Waals surface area contributed by atoms with E-state index in [1.54, 1.807) is 31.3 Å². The third-order valence-electron chi connectivity index (χ3n) is 3.92. The van der Waals surface area contributed by atoms with Crippen LogP contribution in [0.25, 0.3) is 11.0 Å². The van der Waals surface area contributed by atoms with E-state index in [1.165, 1.54) is 22.3 Å². The molecule has 128 valence electrons. The van der Waals surface area contributed by atoms with Gasteiger partial charge in [0, 0.05) is 12.7 Å². The van der Waals surface area contributed by atoms with E-state index in [0.29, 0.717) is 16.8 Å². The van der Waals surface area contributed by atoms with Gasteiger partial charge in [0.15, 0.2) is 0 Å². The number of anilines is 1. The normalized spacial score (nSPS) is 10.6. The van der Waals surface area contributed by atoms with Gasteiger partial charge in [0.2, 0.25) is 5.91 Å². The number of methoxy groups -OCH3 is 1. The number of esters is 1. The summed E-state index contributed by atoms with van der Waals surface area (Å²) in [5.41, 5.74) is 1.98. The summed E-state index contributed by atoms with van der Waals surface area (Å²) in [5.74, 6) is -0.846. The molecule has 0 aliphatic rings. The number of para-hydroxylation sites is 2. The van der Waals surface area contributed by atoms with Gasteiger partial charge >= 0.3 is 11.7 Å². The first kappa shape index (κ1) is 16.5. The van der Waals surface area contributed by atoms with E-state index < -0.39 is 5.97 Å². The van der Waals surface area contributed by atoms with Crippen LogP contribution in [0.2, 0.25) is 0 Å². The Balaban J connectivity index is 1.84. The molecule has 1 amide bonds. The zero-order chi connectivity index (χ0) is 18.0. The van der Waals surface area contributed by atoms with Crippen LogP contribution in [0.3, 0.4) is 0 Å². The Morgan fingerprint density at radius 3 is 2.52 bits per heavy atom. The minimum atomic E-state index is -0.485. The molecule has 0 saturated heterocycles. The summed E-state index contributed by atoms with van der Waals surface area (Å²) in [7, 11) is 2.96. The molecule has 3 aromatic rings. The number of carbonyl (C=O) groups excluding carboxylic acids is 2. The highest BCUT2D eigenvalue weighted by Gasteiger charge is 2.14. The van der Waals surface area contributed by atoms with Crippen molar-refractivity contribution in [3.63, 3.8) is 0 Å². The average Bonchev–Trinajstić information content (AvgIpc) is 2.86. The lowest BCUT2D eigenvalue weighted by Crippen LogP contribution is -2.28. The summed E-state index contributed by atoms with van der Waals surface area (Å²) in [4.78, 5) is 36.2. The minimum Gasteiger partial charge on any atom is -0.465 e. The SMILES string of the molecule is COC(=O)c1cccc(NC(=O)Cn2c(=O)n(C)c3ccccc32)c1. The molecule has 0 bridgehead atoms. The molecule has 0 fully saturated rings. The fourth-order valence-electron chi connectivity index (χ4n) is 2.70. The summed E-state index contributed by atoms with van der Waals surface area (Å²) in [5, 5.41) is 2.70. The Morgan fingerprint density at radius 1 is 1.08 bits per heavy atom. The van der Waals surface area contributed by atoms with Crippen LogP contribution in [0.5, 0.6) is 0 Å². The number of hydrogen-bond acceptors (Lipinski definition) is 4. The smallest absolute Gasteiger partial charge is 0.337 e. The van der Waals surface area contributed by atoms with Crippen molar-refractivity contribution in [2.45, 2.75) is 6.54 Å². The Bertz CT molecular complexity index is 1020. The predicted octanol–water partition coefficient (Wildman–Crippen LogP) is 1.77. The Morgan fingerprint density at radius 2 is 1.80 bits per heavy atom. The molecule has 7 nitrogen and oxygen atoms in total. The average molecular weight is 339 g/mol. The van der Waals surface area contributed by atoms with Crippen molar-refractivity contribution in [1.82, 2.24) is 9.13 Å². The second-order valence-electron chi connectivity index (χ2n) is 5.54. The molecule has 1 heterocycles. The van der Waals surface area contributed by atoms with Crippen LogP contribution >= 0.6 is 0 Å². The van der Waals surface area contributed by atoms with Crippen LogP contribution in [0, 0.1) is 0 Å². The molecular weight excluding hydrogens is 322 g/mol. The first-order valence-corrected chi connectivity index (χ1v) is 7.63. The van der Waals surface area contributed by atoms with Crippen LogP contribution in [-0.2, 0) is 23.1 Å². The zero-order valence-corrected chi connectivity index (χ0v) is 13.9. The molecule has 0 aliphatic heterocycles. The standard InChI is InChI=1S/C18H17N3O4/c1-20-14-8-3-4-9-15(14)21(18(20)24)11-16(22)19-13-7-5-6-12(10-13)17(23)25-2/h3-10H,11H2,1-2H3,(H,19,22). The molecule has 0 radical (unpaired) electrons. The number of nitrogens with one attached hydrogen (secondary N) is 1. The topological polar surface area (TPSA) is 82.3 Å². The maximum absolute atomic E-state index is 12.3. The summed E-state index contributed by atoms with van der Waals surface area (Å²) in [6.07, 6.45) is 0. The Hall–Kier alpha value is -3.35. The van der Waals surface area contributed by atoms with Gasteiger partial charge < -0.3 is 10.1 Å². The largest absolute Gasteiger partial charge is 0.465 e. The fourth-order valence-corrected chi connectivity index (χ4v) is 2.70. The second-order valence-corrected chi connectivity index (χ2v) is 5.54. The fraction of sp³-hybridized carbons (Fsp3) is 0.167. The lowest BCUT2D eigenvalue weighted by atomic mass is 10.2. The first-order valence-electron chi connectivity index (χ1n) is 7.63. The van der Waals surface area contributed by atoms with Gasteiger partial charge in [-0.3, -0.25) is 13.9 Å². The summed E-state index contributed by atoms with van der Waals surface area (Å²) >= 11 is 0. The molecule has 0 aliphatic carbocycles. The van der Waals surface area contributed by atoms with Crippen LogP contribution in [0.15, 0.2) is 53.3 Å². The number of aromatic nitrogens is 2. The summed E-state index contributed by atoms with van der Waals surface area (Å²) < 4.78 is 7.57. The Kier molecular flexibility index (Phi) is 4.38. The van der Waals surface area contributed by atoms with Crippen LogP contribution < -0.4 is 11.0 Å². The van der Waals surface area contributed by atoms with Crippen molar-refractivity contribution in [1.29, 1.82) is 0 Å². The van der Waals surface area contributed by atoms with Crippen molar-refractivity contribution >= 4 is 28.6 Å². The van der Waals surface area contributed by atoms with E-state index in [9.17, 15) is 14.4 Å². The maximum Gasteiger partial charge on any atom is 0.337 e. The van der Waals surface area contributed by atoms with E-state index in [0.717, 1.165) is 5.52 Å². The highest BCUT2D eigenvalue weighted by Crippen LogP contribution is 2.14. The van der Waals surface area contributed by atoms with Gasteiger partial charge in [-0.05, 0) is 30.3 Å². The number of nitrogens with zero attached hydrogens (tertiary/aromatic N) is 2. The molecule has 0 unspecified atom stereocenters. The van der Waals surface area contributed by atoms with Crippen molar-refractivity contribution in [2.75, 3.05) is 12.4 Å². The third kappa shape index (κ3) is 3.16. The van der Waals surface area contributed by atoms with E-state index in [4.69, 9.17) is 0 Å². The number of rotatable bonds is 4. The number of benzene rings is 2. The van der Waals surface area contributed by atoms with Gasteiger partial charge in [-0.1, -0.05) is 18.2 Å². The van der Waals surface area contributed by atoms with Crippen LogP contribution in [0.1, 0.15) is 10.4 Å². The quantitative estimate of drug-likeness (QED) is 0.735. The van der Waals surface area contributed by atoms with Crippen molar-refractivity contribution in [2.24, 2.45) is 7.05 Å². The zero-order valence-electron chi connectivity index (χ0n) is 13.9. The first-order chi connectivity index (χ1) is 12.0. The van der Waals surface area contributed by atoms with Crippen molar-refractivity contribution in [3.8, 4) is 0 Å². The third-order valence-corrected chi connectivity index (χ3v) is 3.92. The van der Waals surface area contributed by atoms with Gasteiger partial charge in [-0.15, -0.1) is 0 Å². The van der Waals surface area contributed by atoms with Crippen molar-refractivity contribution in [3.05, 3.63) is 64.6 Å². The van der Waals surface area contributed by atoms with Crippen molar-refractivity contribution < 1.29 is 14.3 Å². The molecule has 2 aromatic carbocycles. The van der Waals surface area contributed by atoms with Gasteiger partial charge in [-0.2, -0.15) is 0 Å². The number of aryl methyl sites for hydroxylation is 1. The molecule has 0 spiro atoms. The second kappa shape index (κ2) is 6.64. The minimum absolute atomic E-state index is 0.122. The van der Waals surface area contributed by atoms with E-state index in [2.05, 4.69) is 10.1 Å². The molecule has 0 atom stereocenters. The molecule has 25 heavy (non-hydrogen) atoms. The maximum atomic E-state index is 12.3. The van der Waals surface area contributed by atoms with E-state index in [1.807, 2.05) is 18.2 Å². The predicted molar refractivity (Wildman–Crippen MR) is 93.6 cm³/mol. The highest BCUT2D eigenvalue weighted by molar-refractivity contribution is 5.95. The number of carbonyl (C=O) groups is 2. The number of amides is 1. The summed E-state index contributed by atoms with van der Waals surface area (Å²) in [6, 6.07) is 13.7. The number of hydrogen-bond donors (Lipinski definition) is 1. The lowest BCUT2D eigenvalue weighted by molar-refractivity contribution is -0.116. The number of imidazole rings is 1. The van der Waals surface area contributed by atoms with Crippen LogP contribution in [-0.4, -0.2) is 28.1 Å². The molecule has 7 heteroatoms. The van der Waals surface area contributed by atoms with Gasteiger partial charge in [-0.25, -0.2) is 9.59 Å². The number of ether oxygens (including phenoxy) is 1. The summed E-state index contributed by atoms with van der Waals surface area (Å²) in [6.45, 7) is -0.122.